The summed E-state index contributed by atoms with van der Waals surface area (Å²) in [6.07, 6.45) is 0.832. The number of aromatic nitrogens is 2. The fraction of sp³-hybridized carbons (Fsp3) is 0.419. The van der Waals surface area contributed by atoms with Gasteiger partial charge in [0, 0.05) is 50.4 Å². The maximum atomic E-state index is 13.5. The van der Waals surface area contributed by atoms with Crippen LogP contribution in [0.2, 0.25) is 0 Å². The van der Waals surface area contributed by atoms with E-state index in [1.54, 1.807) is 4.90 Å². The zero-order valence-corrected chi connectivity index (χ0v) is 23.4. The normalized spacial score (nSPS) is 13.8. The minimum atomic E-state index is -0.0844. The van der Waals surface area contributed by atoms with Gasteiger partial charge in [0.15, 0.2) is 5.82 Å². The minimum absolute atomic E-state index is 0.0103. The van der Waals surface area contributed by atoms with Crippen molar-refractivity contribution >= 4 is 17.6 Å². The Hall–Kier alpha value is -3.78. The summed E-state index contributed by atoms with van der Waals surface area (Å²) in [7, 11) is 0. The van der Waals surface area contributed by atoms with Crippen molar-refractivity contribution in [1.82, 2.24) is 24.9 Å². The van der Waals surface area contributed by atoms with Crippen LogP contribution in [0.4, 0.5) is 5.82 Å². The van der Waals surface area contributed by atoms with Crippen LogP contribution in [0.1, 0.15) is 36.2 Å². The van der Waals surface area contributed by atoms with Gasteiger partial charge in [-0.3, -0.25) is 9.59 Å². The van der Waals surface area contributed by atoms with Gasteiger partial charge in [0.05, 0.1) is 5.69 Å². The lowest BCUT2D eigenvalue weighted by Crippen LogP contribution is -2.46. The highest BCUT2D eigenvalue weighted by atomic mass is 16.2. The fourth-order valence-corrected chi connectivity index (χ4v) is 4.95. The monoisotopic (exact) mass is 528 g/mol. The van der Waals surface area contributed by atoms with Gasteiger partial charge in [-0.1, -0.05) is 62.4 Å². The molecular weight excluding hydrogens is 488 g/mol. The summed E-state index contributed by atoms with van der Waals surface area (Å²) < 4.78 is 0. The Kier molecular flexibility index (Phi) is 10.0. The summed E-state index contributed by atoms with van der Waals surface area (Å²) >= 11 is 0. The van der Waals surface area contributed by atoms with Gasteiger partial charge < -0.3 is 19.6 Å². The van der Waals surface area contributed by atoms with Crippen LogP contribution >= 0.6 is 0 Å². The second-order valence-electron chi connectivity index (χ2n) is 9.93. The van der Waals surface area contributed by atoms with Crippen molar-refractivity contribution in [3.05, 3.63) is 77.9 Å². The molecule has 2 aromatic carbocycles. The van der Waals surface area contributed by atoms with Crippen LogP contribution in [-0.4, -0.2) is 95.6 Å². The number of likely N-dealkylation sites (N-methyl/N-ethyl adjacent to an activating group) is 1. The van der Waals surface area contributed by atoms with Gasteiger partial charge in [-0.15, -0.1) is 10.2 Å². The fourth-order valence-electron chi connectivity index (χ4n) is 4.95. The van der Waals surface area contributed by atoms with Gasteiger partial charge in [-0.2, -0.15) is 0 Å². The number of nitrogens with zero attached hydrogens (tertiary/aromatic N) is 6. The van der Waals surface area contributed by atoms with Gasteiger partial charge in [0.2, 0.25) is 5.91 Å². The molecule has 1 aliphatic heterocycles. The molecule has 39 heavy (non-hydrogen) atoms. The SMILES string of the molecule is CCN(CC)CCN(CC(=O)N1CCCN(c2ccc(-c3ccccc3)nn2)CC1)C(=O)c1ccccc1C. The van der Waals surface area contributed by atoms with Crippen LogP contribution in [0.15, 0.2) is 66.7 Å². The van der Waals surface area contributed by atoms with Crippen LogP contribution in [0.5, 0.6) is 0 Å². The van der Waals surface area contributed by atoms with Crippen molar-refractivity contribution in [2.75, 3.05) is 63.8 Å². The number of hydrogen-bond donors (Lipinski definition) is 0. The van der Waals surface area contributed by atoms with Crippen molar-refractivity contribution in [2.45, 2.75) is 27.2 Å². The van der Waals surface area contributed by atoms with Gasteiger partial charge >= 0.3 is 0 Å². The first-order valence-corrected chi connectivity index (χ1v) is 14.0. The van der Waals surface area contributed by atoms with E-state index in [2.05, 4.69) is 33.8 Å². The average Bonchev–Trinajstić information content (AvgIpc) is 3.24. The number of carbonyl (C=O) groups is 2. The van der Waals surface area contributed by atoms with Crippen molar-refractivity contribution in [3.63, 3.8) is 0 Å². The van der Waals surface area contributed by atoms with E-state index in [-0.39, 0.29) is 18.4 Å². The van der Waals surface area contributed by atoms with Crippen LogP contribution in [0, 0.1) is 6.92 Å². The summed E-state index contributed by atoms with van der Waals surface area (Å²) in [5.74, 6) is 0.724. The highest BCUT2D eigenvalue weighted by Gasteiger charge is 2.25. The van der Waals surface area contributed by atoms with E-state index in [9.17, 15) is 9.59 Å². The van der Waals surface area contributed by atoms with E-state index in [0.29, 0.717) is 31.7 Å². The predicted octanol–water partition coefficient (Wildman–Crippen LogP) is 3.97. The lowest BCUT2D eigenvalue weighted by molar-refractivity contribution is -0.131. The largest absolute Gasteiger partial charge is 0.353 e. The van der Waals surface area contributed by atoms with Crippen molar-refractivity contribution in [3.8, 4) is 11.3 Å². The Labute approximate surface area is 232 Å². The van der Waals surface area contributed by atoms with E-state index in [1.165, 1.54) is 0 Å². The van der Waals surface area contributed by atoms with Crippen molar-refractivity contribution in [1.29, 1.82) is 0 Å². The molecule has 1 fully saturated rings. The first-order chi connectivity index (χ1) is 19.0. The zero-order chi connectivity index (χ0) is 27.6. The third-order valence-corrected chi connectivity index (χ3v) is 7.46. The van der Waals surface area contributed by atoms with Gasteiger partial charge in [0.1, 0.15) is 6.54 Å². The molecule has 2 amide bonds. The Morgan fingerprint density at radius 1 is 0.821 bits per heavy atom. The van der Waals surface area contributed by atoms with E-state index in [4.69, 9.17) is 0 Å². The van der Waals surface area contributed by atoms with E-state index < -0.39 is 0 Å². The Morgan fingerprint density at radius 3 is 2.26 bits per heavy atom. The van der Waals surface area contributed by atoms with Gasteiger partial charge in [-0.25, -0.2) is 0 Å². The lowest BCUT2D eigenvalue weighted by Gasteiger charge is -2.29. The molecule has 0 spiro atoms. The quantitative estimate of drug-likeness (QED) is 0.397. The molecule has 4 rings (SSSR count). The molecule has 8 nitrogen and oxygen atoms in total. The molecule has 1 aromatic heterocycles. The lowest BCUT2D eigenvalue weighted by atomic mass is 10.1. The number of rotatable bonds is 10. The van der Waals surface area contributed by atoms with Crippen LogP contribution in [0.25, 0.3) is 11.3 Å². The highest BCUT2D eigenvalue weighted by molar-refractivity contribution is 5.97. The van der Waals surface area contributed by atoms with Crippen LogP contribution in [-0.2, 0) is 4.79 Å². The molecular formula is C31H40N6O2. The first-order valence-electron chi connectivity index (χ1n) is 14.0. The van der Waals surface area contributed by atoms with Crippen molar-refractivity contribution < 1.29 is 9.59 Å². The third kappa shape index (κ3) is 7.41. The summed E-state index contributed by atoms with van der Waals surface area (Å²) in [6.45, 7) is 12.1. The molecule has 8 heteroatoms. The molecule has 0 radical (unpaired) electrons. The Morgan fingerprint density at radius 2 is 1.56 bits per heavy atom. The maximum Gasteiger partial charge on any atom is 0.254 e. The minimum Gasteiger partial charge on any atom is -0.353 e. The zero-order valence-electron chi connectivity index (χ0n) is 23.4. The standard InChI is InChI=1S/C31H40N6O2/c1-4-34(5-2)20-21-37(31(39)27-15-10-9-12-25(27)3)24-30(38)36-19-11-18-35(22-23-36)29-17-16-28(32-33-29)26-13-7-6-8-14-26/h6-10,12-17H,4-5,11,18-24H2,1-3H3. The maximum absolute atomic E-state index is 13.5. The molecule has 2 heterocycles. The summed E-state index contributed by atoms with van der Waals surface area (Å²) in [5, 5.41) is 8.91. The van der Waals surface area contributed by atoms with E-state index >= 15 is 0 Å². The highest BCUT2D eigenvalue weighted by Crippen LogP contribution is 2.19. The molecule has 0 atom stereocenters. The number of benzene rings is 2. The average molecular weight is 529 g/mol. The van der Waals surface area contributed by atoms with E-state index in [1.807, 2.05) is 78.6 Å². The first kappa shape index (κ1) is 28.2. The smallest absolute Gasteiger partial charge is 0.254 e. The number of anilines is 1. The molecule has 0 unspecified atom stereocenters. The molecule has 0 bridgehead atoms. The number of amides is 2. The number of carbonyl (C=O) groups excluding carboxylic acids is 2. The summed E-state index contributed by atoms with van der Waals surface area (Å²) in [6, 6.07) is 21.6. The second-order valence-corrected chi connectivity index (χ2v) is 9.93. The molecule has 0 aliphatic carbocycles. The summed E-state index contributed by atoms with van der Waals surface area (Å²) in [5.41, 5.74) is 3.46. The molecule has 206 valence electrons. The van der Waals surface area contributed by atoms with Crippen molar-refractivity contribution in [2.24, 2.45) is 0 Å². The second kappa shape index (κ2) is 13.8. The third-order valence-electron chi connectivity index (χ3n) is 7.46. The van der Waals surface area contributed by atoms with Gasteiger partial charge in [-0.05, 0) is 50.2 Å². The molecule has 1 saturated heterocycles. The van der Waals surface area contributed by atoms with E-state index in [0.717, 1.165) is 55.2 Å². The summed E-state index contributed by atoms with van der Waals surface area (Å²) in [4.78, 5) is 35.1. The Bertz CT molecular complexity index is 1210. The molecule has 3 aromatic rings. The number of aryl methyl sites for hydroxylation is 1. The molecule has 0 N–H and O–H groups in total. The van der Waals surface area contributed by atoms with Crippen LogP contribution in [0.3, 0.4) is 0 Å². The predicted molar refractivity (Wildman–Crippen MR) is 156 cm³/mol. The molecule has 1 aliphatic rings. The van der Waals surface area contributed by atoms with Gasteiger partial charge in [0.25, 0.3) is 5.91 Å². The van der Waals surface area contributed by atoms with Crippen LogP contribution < -0.4 is 4.90 Å². The number of hydrogen-bond acceptors (Lipinski definition) is 6. The topological polar surface area (TPSA) is 72.9 Å². The Balaban J connectivity index is 1.40. The molecule has 0 saturated carbocycles.